The Hall–Kier alpha value is -3.19. The minimum absolute atomic E-state index is 0.259. The molecule has 7 heteroatoms. The van der Waals surface area contributed by atoms with Crippen molar-refractivity contribution in [1.82, 2.24) is 9.97 Å². The topological polar surface area (TPSA) is 77.3 Å². The van der Waals surface area contributed by atoms with Gasteiger partial charge in [0.15, 0.2) is 16.8 Å². The molecule has 0 aliphatic heterocycles. The number of pyridine rings is 1. The van der Waals surface area contributed by atoms with Gasteiger partial charge in [-0.2, -0.15) is 4.98 Å². The predicted molar refractivity (Wildman–Crippen MR) is 119 cm³/mol. The molecule has 6 nitrogen and oxygen atoms in total. The molecule has 152 valence electrons. The van der Waals surface area contributed by atoms with Crippen LogP contribution in [0, 0.1) is 6.92 Å². The maximum Gasteiger partial charge on any atom is 0.267 e. The Bertz CT molecular complexity index is 1180. The van der Waals surface area contributed by atoms with E-state index >= 15 is 0 Å². The van der Waals surface area contributed by atoms with Crippen LogP contribution < -0.4 is 10.1 Å². The summed E-state index contributed by atoms with van der Waals surface area (Å²) < 4.78 is 12.7. The molecule has 2 aromatic heterocycles. The largest absolute Gasteiger partial charge is 0.478 e. The fraction of sp³-hybridized carbons (Fsp3) is 0.174. The highest BCUT2D eigenvalue weighted by molar-refractivity contribution is 9.10. The molecule has 2 heterocycles. The van der Waals surface area contributed by atoms with Crippen molar-refractivity contribution in [3.8, 4) is 17.2 Å². The van der Waals surface area contributed by atoms with Crippen LogP contribution in [-0.2, 0) is 4.79 Å². The SMILES string of the molecule is Cc1ccc(-c2nc3ncccc3o2)cc1NC(=O)C(C)(C)Oc1ccc(Br)cc1. The quantitative estimate of drug-likeness (QED) is 0.405. The van der Waals surface area contributed by atoms with E-state index in [1.807, 2.05) is 55.5 Å². The zero-order valence-electron chi connectivity index (χ0n) is 16.8. The van der Waals surface area contributed by atoms with Gasteiger partial charge >= 0.3 is 0 Å². The number of hydrogen-bond acceptors (Lipinski definition) is 5. The van der Waals surface area contributed by atoms with Gasteiger partial charge in [-0.25, -0.2) is 4.98 Å². The first-order valence-electron chi connectivity index (χ1n) is 9.40. The van der Waals surface area contributed by atoms with Gasteiger partial charge in [-0.15, -0.1) is 0 Å². The number of carbonyl (C=O) groups is 1. The van der Waals surface area contributed by atoms with Crippen LogP contribution in [0.3, 0.4) is 0 Å². The Kier molecular flexibility index (Phi) is 5.30. The zero-order chi connectivity index (χ0) is 21.3. The first kappa shape index (κ1) is 20.1. The number of aryl methyl sites for hydroxylation is 1. The number of benzene rings is 2. The lowest BCUT2D eigenvalue weighted by molar-refractivity contribution is -0.128. The number of nitrogens with zero attached hydrogens (tertiary/aromatic N) is 2. The van der Waals surface area contributed by atoms with E-state index in [-0.39, 0.29) is 5.91 Å². The van der Waals surface area contributed by atoms with Gasteiger partial charge in [-0.3, -0.25) is 4.79 Å². The Morgan fingerprint density at radius 2 is 1.90 bits per heavy atom. The Morgan fingerprint density at radius 3 is 2.63 bits per heavy atom. The van der Waals surface area contributed by atoms with Gasteiger partial charge < -0.3 is 14.5 Å². The number of halogens is 1. The van der Waals surface area contributed by atoms with E-state index in [0.717, 1.165) is 15.6 Å². The molecule has 0 fully saturated rings. The molecule has 0 aliphatic carbocycles. The number of oxazole rings is 1. The summed E-state index contributed by atoms with van der Waals surface area (Å²) in [5.41, 5.74) is 2.42. The van der Waals surface area contributed by atoms with E-state index in [1.165, 1.54) is 0 Å². The second kappa shape index (κ2) is 7.91. The maximum atomic E-state index is 13.0. The summed E-state index contributed by atoms with van der Waals surface area (Å²) in [6.45, 7) is 5.39. The van der Waals surface area contributed by atoms with E-state index in [0.29, 0.717) is 28.6 Å². The van der Waals surface area contributed by atoms with Crippen LogP contribution in [0.4, 0.5) is 5.69 Å². The molecular weight excluding hydrogens is 446 g/mol. The second-order valence-corrected chi connectivity index (χ2v) is 8.31. The third kappa shape index (κ3) is 4.21. The van der Waals surface area contributed by atoms with Crippen molar-refractivity contribution in [2.45, 2.75) is 26.4 Å². The molecular formula is C23H20BrN3O3. The molecule has 0 bridgehead atoms. The third-order valence-corrected chi connectivity index (χ3v) is 5.16. The van der Waals surface area contributed by atoms with E-state index < -0.39 is 5.60 Å². The second-order valence-electron chi connectivity index (χ2n) is 7.39. The molecule has 0 radical (unpaired) electrons. The number of aromatic nitrogens is 2. The number of ether oxygens (including phenoxy) is 1. The van der Waals surface area contributed by atoms with Gasteiger partial charge in [0, 0.05) is 21.9 Å². The molecule has 1 N–H and O–H groups in total. The summed E-state index contributed by atoms with van der Waals surface area (Å²) in [6.07, 6.45) is 1.67. The van der Waals surface area contributed by atoms with E-state index in [4.69, 9.17) is 9.15 Å². The van der Waals surface area contributed by atoms with E-state index in [2.05, 4.69) is 31.2 Å². The smallest absolute Gasteiger partial charge is 0.267 e. The highest BCUT2D eigenvalue weighted by atomic mass is 79.9. The minimum atomic E-state index is -1.07. The summed E-state index contributed by atoms with van der Waals surface area (Å²) in [7, 11) is 0. The van der Waals surface area contributed by atoms with Crippen molar-refractivity contribution >= 4 is 38.8 Å². The summed E-state index contributed by atoms with van der Waals surface area (Å²) in [5, 5.41) is 2.97. The molecule has 0 spiro atoms. The van der Waals surface area contributed by atoms with Gasteiger partial charge in [-0.1, -0.05) is 22.0 Å². The average Bonchev–Trinajstić information content (AvgIpc) is 3.15. The highest BCUT2D eigenvalue weighted by Crippen LogP contribution is 2.28. The van der Waals surface area contributed by atoms with Crippen LogP contribution in [0.1, 0.15) is 19.4 Å². The van der Waals surface area contributed by atoms with E-state index in [9.17, 15) is 4.79 Å². The van der Waals surface area contributed by atoms with Crippen molar-refractivity contribution in [1.29, 1.82) is 0 Å². The van der Waals surface area contributed by atoms with Crippen molar-refractivity contribution in [3.05, 3.63) is 70.8 Å². The van der Waals surface area contributed by atoms with Crippen LogP contribution >= 0.6 is 15.9 Å². The van der Waals surface area contributed by atoms with Crippen molar-refractivity contribution < 1.29 is 13.9 Å². The van der Waals surface area contributed by atoms with Crippen molar-refractivity contribution in [2.24, 2.45) is 0 Å². The number of carbonyl (C=O) groups excluding carboxylic acids is 1. The molecule has 4 aromatic rings. The Labute approximate surface area is 182 Å². The lowest BCUT2D eigenvalue weighted by atomic mass is 10.1. The fourth-order valence-corrected chi connectivity index (χ4v) is 3.16. The first-order valence-corrected chi connectivity index (χ1v) is 10.2. The highest BCUT2D eigenvalue weighted by Gasteiger charge is 2.30. The lowest BCUT2D eigenvalue weighted by Crippen LogP contribution is -2.42. The minimum Gasteiger partial charge on any atom is -0.478 e. The maximum absolute atomic E-state index is 13.0. The van der Waals surface area contributed by atoms with Gasteiger partial charge in [-0.05, 0) is 74.9 Å². The van der Waals surface area contributed by atoms with Crippen LogP contribution in [0.25, 0.3) is 22.7 Å². The first-order chi connectivity index (χ1) is 14.3. The van der Waals surface area contributed by atoms with E-state index in [1.54, 1.807) is 26.1 Å². The molecule has 0 saturated carbocycles. The summed E-state index contributed by atoms with van der Waals surface area (Å²) in [4.78, 5) is 21.6. The van der Waals surface area contributed by atoms with Crippen LogP contribution in [-0.4, -0.2) is 21.5 Å². The Morgan fingerprint density at radius 1 is 1.13 bits per heavy atom. The number of hydrogen-bond donors (Lipinski definition) is 1. The van der Waals surface area contributed by atoms with Crippen molar-refractivity contribution in [3.63, 3.8) is 0 Å². The predicted octanol–water partition coefficient (Wildman–Crippen LogP) is 5.76. The van der Waals surface area contributed by atoms with Crippen LogP contribution in [0.15, 0.2) is 69.7 Å². The number of nitrogens with one attached hydrogen (secondary N) is 1. The number of fused-ring (bicyclic) bond motifs is 1. The fourth-order valence-electron chi connectivity index (χ4n) is 2.90. The molecule has 2 aromatic carbocycles. The average molecular weight is 466 g/mol. The molecule has 1 amide bonds. The zero-order valence-corrected chi connectivity index (χ0v) is 18.4. The molecule has 0 saturated heterocycles. The number of anilines is 1. The molecule has 4 rings (SSSR count). The molecule has 30 heavy (non-hydrogen) atoms. The number of amides is 1. The molecule has 0 atom stereocenters. The third-order valence-electron chi connectivity index (χ3n) is 4.63. The monoisotopic (exact) mass is 465 g/mol. The van der Waals surface area contributed by atoms with Crippen LogP contribution in [0.2, 0.25) is 0 Å². The molecule has 0 aliphatic rings. The number of rotatable bonds is 5. The van der Waals surface area contributed by atoms with Gasteiger partial charge in [0.2, 0.25) is 5.89 Å². The Balaban J connectivity index is 1.56. The lowest BCUT2D eigenvalue weighted by Gasteiger charge is -2.26. The standard InChI is InChI=1S/C23H20BrN3O3/c1-14-6-7-15(21-27-20-19(29-21)5-4-12-25-20)13-18(14)26-22(28)23(2,3)30-17-10-8-16(24)9-11-17/h4-13H,1-3H3,(H,26,28). The molecule has 0 unspecified atom stereocenters. The summed E-state index contributed by atoms with van der Waals surface area (Å²) >= 11 is 3.39. The summed E-state index contributed by atoms with van der Waals surface area (Å²) in [5.74, 6) is 0.803. The van der Waals surface area contributed by atoms with Gasteiger partial charge in [0.25, 0.3) is 5.91 Å². The van der Waals surface area contributed by atoms with Gasteiger partial charge in [0.05, 0.1) is 0 Å². The van der Waals surface area contributed by atoms with Crippen LogP contribution in [0.5, 0.6) is 5.75 Å². The van der Waals surface area contributed by atoms with Crippen molar-refractivity contribution in [2.75, 3.05) is 5.32 Å². The normalized spacial score (nSPS) is 11.5. The van der Waals surface area contributed by atoms with Gasteiger partial charge in [0.1, 0.15) is 5.75 Å². The summed E-state index contributed by atoms with van der Waals surface area (Å²) in [6, 6.07) is 16.6.